The summed E-state index contributed by atoms with van der Waals surface area (Å²) >= 11 is 0. The zero-order chi connectivity index (χ0) is 12.6. The second-order valence-corrected chi connectivity index (χ2v) is 5.29. The maximum absolute atomic E-state index is 4.23. The summed E-state index contributed by atoms with van der Waals surface area (Å²) in [5.74, 6) is 1.05. The molecular formula is C15H21N2+. The summed E-state index contributed by atoms with van der Waals surface area (Å²) in [5.41, 5.74) is 2.77. The zero-order valence-electron chi connectivity index (χ0n) is 11.4. The fourth-order valence-electron chi connectivity index (χ4n) is 2.58. The second-order valence-electron chi connectivity index (χ2n) is 5.29. The van der Waals surface area contributed by atoms with E-state index < -0.39 is 0 Å². The molecule has 0 saturated carbocycles. The van der Waals surface area contributed by atoms with Crippen molar-refractivity contribution in [1.29, 1.82) is 0 Å². The van der Waals surface area contributed by atoms with Gasteiger partial charge in [0.1, 0.15) is 7.05 Å². The fourth-order valence-corrected chi connectivity index (χ4v) is 2.58. The Morgan fingerprint density at radius 3 is 2.41 bits per heavy atom. The molecule has 90 valence electrons. The Kier molecular flexibility index (Phi) is 3.14. The van der Waals surface area contributed by atoms with Crippen molar-refractivity contribution < 1.29 is 4.57 Å². The summed E-state index contributed by atoms with van der Waals surface area (Å²) in [4.78, 5) is 4.23. The van der Waals surface area contributed by atoms with Crippen LogP contribution in [0.15, 0.2) is 24.5 Å². The minimum Gasteiger partial charge on any atom is -0.264 e. The van der Waals surface area contributed by atoms with E-state index in [1.54, 1.807) is 0 Å². The molecule has 0 saturated heterocycles. The van der Waals surface area contributed by atoms with E-state index in [0.717, 1.165) is 0 Å². The molecule has 2 heteroatoms. The highest BCUT2D eigenvalue weighted by Gasteiger charge is 2.22. The summed E-state index contributed by atoms with van der Waals surface area (Å²) in [6, 6.07) is 4.38. The summed E-state index contributed by atoms with van der Waals surface area (Å²) in [5, 5.41) is 2.57. The van der Waals surface area contributed by atoms with E-state index in [9.17, 15) is 0 Å². The van der Waals surface area contributed by atoms with Crippen LogP contribution in [-0.2, 0) is 7.05 Å². The molecule has 0 radical (unpaired) electrons. The molecule has 0 fully saturated rings. The minimum atomic E-state index is 0.517. The molecule has 2 aromatic heterocycles. The molecule has 2 rings (SSSR count). The van der Waals surface area contributed by atoms with Gasteiger partial charge in [-0.3, -0.25) is 4.98 Å². The lowest BCUT2D eigenvalue weighted by Crippen LogP contribution is -2.39. The minimum absolute atomic E-state index is 0.517. The van der Waals surface area contributed by atoms with Crippen LogP contribution < -0.4 is 4.57 Å². The van der Waals surface area contributed by atoms with Crippen LogP contribution in [0.5, 0.6) is 0 Å². The molecule has 0 aromatic carbocycles. The van der Waals surface area contributed by atoms with Gasteiger partial charge in [-0.2, -0.15) is 0 Å². The highest BCUT2D eigenvalue weighted by molar-refractivity contribution is 5.83. The Balaban J connectivity index is 2.85. The number of fused-ring (bicyclic) bond motifs is 1. The summed E-state index contributed by atoms with van der Waals surface area (Å²) < 4.78 is 2.34. The first-order valence-corrected chi connectivity index (χ1v) is 6.29. The Hall–Kier alpha value is -1.44. The van der Waals surface area contributed by atoms with Crippen molar-refractivity contribution in [3.05, 3.63) is 35.9 Å². The van der Waals surface area contributed by atoms with Crippen molar-refractivity contribution in [2.75, 3.05) is 0 Å². The first kappa shape index (κ1) is 12.0. The molecule has 2 heterocycles. The first-order valence-electron chi connectivity index (χ1n) is 6.29. The molecule has 0 aliphatic carbocycles. The average molecular weight is 229 g/mol. The SMILES string of the molecule is CC(C)c1cc2cnccc2c(C(C)C)[n+]1C. The lowest BCUT2D eigenvalue weighted by Gasteiger charge is -2.12. The molecule has 0 unspecified atom stereocenters. The quantitative estimate of drug-likeness (QED) is 0.722. The van der Waals surface area contributed by atoms with Crippen molar-refractivity contribution in [2.24, 2.45) is 7.05 Å². The number of pyridine rings is 2. The van der Waals surface area contributed by atoms with E-state index in [2.05, 4.69) is 56.4 Å². The Labute approximate surface area is 103 Å². The van der Waals surface area contributed by atoms with Crippen LogP contribution in [0.4, 0.5) is 0 Å². The normalized spacial score (nSPS) is 11.7. The van der Waals surface area contributed by atoms with E-state index in [0.29, 0.717) is 11.8 Å². The number of rotatable bonds is 2. The molecular weight excluding hydrogens is 208 g/mol. The molecule has 0 spiro atoms. The Morgan fingerprint density at radius 1 is 1.12 bits per heavy atom. The fraction of sp³-hybridized carbons (Fsp3) is 0.467. The molecule has 0 aliphatic heterocycles. The van der Waals surface area contributed by atoms with Crippen molar-refractivity contribution in [3.63, 3.8) is 0 Å². The third-order valence-electron chi connectivity index (χ3n) is 3.32. The predicted molar refractivity (Wildman–Crippen MR) is 71.1 cm³/mol. The largest absolute Gasteiger partial charge is 0.264 e. The molecule has 2 aromatic rings. The van der Waals surface area contributed by atoms with Crippen molar-refractivity contribution >= 4 is 10.8 Å². The van der Waals surface area contributed by atoms with Crippen molar-refractivity contribution in [3.8, 4) is 0 Å². The molecule has 17 heavy (non-hydrogen) atoms. The van der Waals surface area contributed by atoms with Crippen LogP contribution >= 0.6 is 0 Å². The van der Waals surface area contributed by atoms with Crippen molar-refractivity contribution in [1.82, 2.24) is 4.98 Å². The van der Waals surface area contributed by atoms with Crippen LogP contribution in [0.1, 0.15) is 50.9 Å². The molecule has 0 N–H and O–H groups in total. The van der Waals surface area contributed by atoms with Crippen molar-refractivity contribution in [2.45, 2.75) is 39.5 Å². The molecule has 2 nitrogen and oxygen atoms in total. The van der Waals surface area contributed by atoms with Gasteiger partial charge < -0.3 is 0 Å². The Bertz CT molecular complexity index is 542. The monoisotopic (exact) mass is 229 g/mol. The lowest BCUT2D eigenvalue weighted by molar-refractivity contribution is -0.687. The van der Waals surface area contributed by atoms with Gasteiger partial charge in [-0.15, -0.1) is 0 Å². The van der Waals surface area contributed by atoms with Gasteiger partial charge in [-0.05, 0) is 6.07 Å². The van der Waals surface area contributed by atoms with Gasteiger partial charge in [0.05, 0.1) is 5.39 Å². The average Bonchev–Trinajstić information content (AvgIpc) is 2.27. The standard InChI is InChI=1S/C15H21N2/c1-10(2)14-8-12-9-16-7-6-13(12)15(11(3)4)17(14)5/h6-11H,1-5H3/q+1. The summed E-state index contributed by atoms with van der Waals surface area (Å²) in [6.45, 7) is 8.97. The van der Waals surface area contributed by atoms with Crippen LogP contribution in [0, 0.1) is 0 Å². The Morgan fingerprint density at radius 2 is 1.82 bits per heavy atom. The van der Waals surface area contributed by atoms with Crippen LogP contribution in [0.2, 0.25) is 0 Å². The van der Waals surface area contributed by atoms with E-state index in [4.69, 9.17) is 0 Å². The molecule has 0 atom stereocenters. The van der Waals surface area contributed by atoms with Gasteiger partial charge in [-0.1, -0.05) is 27.7 Å². The van der Waals surface area contributed by atoms with Crippen LogP contribution in [-0.4, -0.2) is 4.98 Å². The maximum Gasteiger partial charge on any atom is 0.191 e. The molecule has 0 amide bonds. The number of nitrogens with zero attached hydrogens (tertiary/aromatic N) is 2. The van der Waals surface area contributed by atoms with Crippen LogP contribution in [0.25, 0.3) is 10.8 Å². The highest BCUT2D eigenvalue weighted by atomic mass is 15.0. The van der Waals surface area contributed by atoms with E-state index in [1.165, 1.54) is 22.2 Å². The molecule has 0 aliphatic rings. The van der Waals surface area contributed by atoms with Gasteiger partial charge in [0.15, 0.2) is 11.4 Å². The van der Waals surface area contributed by atoms with E-state index in [-0.39, 0.29) is 0 Å². The van der Waals surface area contributed by atoms with Crippen LogP contribution in [0.3, 0.4) is 0 Å². The number of hydrogen-bond acceptors (Lipinski definition) is 1. The summed E-state index contributed by atoms with van der Waals surface area (Å²) in [7, 11) is 2.17. The van der Waals surface area contributed by atoms with Gasteiger partial charge in [0.2, 0.25) is 0 Å². The lowest BCUT2D eigenvalue weighted by atomic mass is 9.99. The van der Waals surface area contributed by atoms with E-state index in [1.807, 2.05) is 12.4 Å². The highest BCUT2D eigenvalue weighted by Crippen LogP contribution is 2.24. The molecule has 0 bridgehead atoms. The third-order valence-corrected chi connectivity index (χ3v) is 3.32. The van der Waals surface area contributed by atoms with Gasteiger partial charge in [0.25, 0.3) is 0 Å². The van der Waals surface area contributed by atoms with Gasteiger partial charge in [-0.25, -0.2) is 4.57 Å². The number of hydrogen-bond donors (Lipinski definition) is 0. The van der Waals surface area contributed by atoms with Gasteiger partial charge in [0, 0.05) is 35.7 Å². The maximum atomic E-state index is 4.23. The number of aromatic nitrogens is 2. The smallest absolute Gasteiger partial charge is 0.191 e. The predicted octanol–water partition coefficient (Wildman–Crippen LogP) is 3.31. The zero-order valence-corrected chi connectivity index (χ0v) is 11.4. The third kappa shape index (κ3) is 2.04. The first-order chi connectivity index (χ1) is 8.02. The van der Waals surface area contributed by atoms with E-state index >= 15 is 0 Å². The summed E-state index contributed by atoms with van der Waals surface area (Å²) in [6.07, 6.45) is 3.84. The topological polar surface area (TPSA) is 16.8 Å². The van der Waals surface area contributed by atoms with Gasteiger partial charge >= 0.3 is 0 Å². The second kappa shape index (κ2) is 4.44.